The molecule has 1 aliphatic carbocycles. The second-order valence-corrected chi connectivity index (χ2v) is 5.35. The van der Waals surface area contributed by atoms with Gasteiger partial charge in [0.15, 0.2) is 0 Å². The van der Waals surface area contributed by atoms with E-state index >= 15 is 0 Å². The molecule has 0 bridgehead atoms. The molecule has 0 heterocycles. The zero-order valence-corrected chi connectivity index (χ0v) is 12.1. The predicted molar refractivity (Wildman–Crippen MR) is 78.1 cm³/mol. The van der Waals surface area contributed by atoms with E-state index in [4.69, 9.17) is 4.74 Å². The third-order valence-electron chi connectivity index (χ3n) is 4.15. The number of benzene rings is 1. The molecule has 4 heteroatoms. The van der Waals surface area contributed by atoms with Gasteiger partial charge in [-0.15, -0.1) is 0 Å². The van der Waals surface area contributed by atoms with Crippen molar-refractivity contribution in [3.63, 3.8) is 0 Å². The van der Waals surface area contributed by atoms with Crippen LogP contribution < -0.4 is 10.1 Å². The van der Waals surface area contributed by atoms with Gasteiger partial charge in [0.2, 0.25) is 0 Å². The molecule has 0 saturated heterocycles. The highest BCUT2D eigenvalue weighted by molar-refractivity contribution is 6.07. The minimum Gasteiger partial charge on any atom is -0.497 e. The summed E-state index contributed by atoms with van der Waals surface area (Å²) in [6.45, 7) is 1.91. The number of carbonyl (C=O) groups excluding carboxylic acids is 2. The van der Waals surface area contributed by atoms with E-state index in [0.717, 1.165) is 24.3 Å². The Hall–Kier alpha value is -1.84. The summed E-state index contributed by atoms with van der Waals surface area (Å²) in [7, 11) is 1.62. The number of Topliss-reactive ketones (excluding diaryl/α,β-unsaturated/α-hetero) is 2. The zero-order valence-electron chi connectivity index (χ0n) is 12.1. The zero-order chi connectivity index (χ0) is 14.6. The van der Waals surface area contributed by atoms with E-state index in [1.807, 2.05) is 24.3 Å². The first-order chi connectivity index (χ1) is 9.58. The summed E-state index contributed by atoms with van der Waals surface area (Å²) in [5, 5.41) is 3.22. The molecular weight excluding hydrogens is 254 g/mol. The van der Waals surface area contributed by atoms with Crippen LogP contribution in [0.15, 0.2) is 24.3 Å². The van der Waals surface area contributed by atoms with Crippen LogP contribution in [-0.2, 0) is 9.59 Å². The Kier molecular flexibility index (Phi) is 4.42. The van der Waals surface area contributed by atoms with Crippen LogP contribution in [0.4, 0.5) is 5.69 Å². The van der Waals surface area contributed by atoms with E-state index in [2.05, 4.69) is 5.32 Å². The van der Waals surface area contributed by atoms with Gasteiger partial charge in [0.25, 0.3) is 0 Å². The van der Waals surface area contributed by atoms with Gasteiger partial charge >= 0.3 is 0 Å². The summed E-state index contributed by atoms with van der Waals surface area (Å²) in [6, 6.07) is 7.48. The van der Waals surface area contributed by atoms with Crippen molar-refractivity contribution in [2.24, 2.45) is 5.41 Å². The third-order valence-corrected chi connectivity index (χ3v) is 4.15. The summed E-state index contributed by atoms with van der Waals surface area (Å²) in [5.41, 5.74) is 0.0582. The van der Waals surface area contributed by atoms with Crippen molar-refractivity contribution in [2.75, 3.05) is 19.0 Å². The van der Waals surface area contributed by atoms with E-state index in [1.165, 1.54) is 6.92 Å². The van der Waals surface area contributed by atoms with Gasteiger partial charge in [0.05, 0.1) is 7.11 Å². The molecule has 108 valence electrons. The maximum Gasteiger partial charge on any atom is 0.148 e. The highest BCUT2D eigenvalue weighted by atomic mass is 16.5. The summed E-state index contributed by atoms with van der Waals surface area (Å²) in [5.74, 6) is 0.839. The molecule has 0 radical (unpaired) electrons. The van der Waals surface area contributed by atoms with Crippen molar-refractivity contribution >= 4 is 17.3 Å². The first kappa shape index (κ1) is 14.6. The fraction of sp³-hybridized carbons (Fsp3) is 0.500. The minimum atomic E-state index is -0.835. The first-order valence-electron chi connectivity index (χ1n) is 7.01. The monoisotopic (exact) mass is 275 g/mol. The lowest BCUT2D eigenvalue weighted by Crippen LogP contribution is -2.45. The largest absolute Gasteiger partial charge is 0.497 e. The summed E-state index contributed by atoms with van der Waals surface area (Å²) in [6.07, 6.45) is 3.01. The van der Waals surface area contributed by atoms with Crippen molar-refractivity contribution in [3.8, 4) is 5.75 Å². The lowest BCUT2D eigenvalue weighted by Gasteiger charge is -2.33. The van der Waals surface area contributed by atoms with Crippen molar-refractivity contribution < 1.29 is 14.3 Å². The molecule has 20 heavy (non-hydrogen) atoms. The first-order valence-corrected chi connectivity index (χ1v) is 7.01. The fourth-order valence-corrected chi connectivity index (χ4v) is 2.74. The van der Waals surface area contributed by atoms with Crippen LogP contribution in [0, 0.1) is 5.41 Å². The van der Waals surface area contributed by atoms with Gasteiger partial charge in [-0.3, -0.25) is 9.59 Å². The standard InChI is InChI=1S/C16H21NO3/c1-12(18)16(10-4-3-5-15(16)19)11-17-13-6-8-14(20-2)9-7-13/h6-9,17H,3-5,10-11H2,1-2H3. The molecule has 1 atom stereocenters. The topological polar surface area (TPSA) is 55.4 Å². The molecule has 4 nitrogen and oxygen atoms in total. The number of anilines is 1. The van der Waals surface area contributed by atoms with Gasteiger partial charge in [-0.05, 0) is 44.0 Å². The molecule has 0 aromatic heterocycles. The van der Waals surface area contributed by atoms with Crippen LogP contribution in [0.3, 0.4) is 0 Å². The number of ketones is 2. The Morgan fingerprint density at radius 2 is 2.00 bits per heavy atom. The maximum absolute atomic E-state index is 12.2. The third kappa shape index (κ3) is 2.84. The van der Waals surface area contributed by atoms with Crippen molar-refractivity contribution in [2.45, 2.75) is 32.6 Å². The molecule has 0 aliphatic heterocycles. The maximum atomic E-state index is 12.2. The number of ether oxygens (including phenoxy) is 1. The molecule has 0 amide bonds. The molecule has 1 aliphatic rings. The molecular formula is C16H21NO3. The van der Waals surface area contributed by atoms with Crippen LogP contribution in [0.25, 0.3) is 0 Å². The van der Waals surface area contributed by atoms with Gasteiger partial charge in [0.1, 0.15) is 22.7 Å². The molecule has 1 aromatic carbocycles. The Morgan fingerprint density at radius 3 is 2.55 bits per heavy atom. The lowest BCUT2D eigenvalue weighted by atomic mass is 9.70. The number of methoxy groups -OCH3 is 1. The lowest BCUT2D eigenvalue weighted by molar-refractivity contribution is -0.141. The van der Waals surface area contributed by atoms with Crippen LogP contribution >= 0.6 is 0 Å². The normalized spacial score (nSPS) is 22.4. The second-order valence-electron chi connectivity index (χ2n) is 5.35. The van der Waals surface area contributed by atoms with Gasteiger partial charge in [-0.1, -0.05) is 6.42 Å². The Morgan fingerprint density at radius 1 is 1.30 bits per heavy atom. The molecule has 0 spiro atoms. The molecule has 2 rings (SSSR count). The van der Waals surface area contributed by atoms with Crippen LogP contribution in [0.5, 0.6) is 5.75 Å². The quantitative estimate of drug-likeness (QED) is 0.840. The van der Waals surface area contributed by atoms with E-state index in [0.29, 0.717) is 19.4 Å². The molecule has 1 unspecified atom stereocenters. The fourth-order valence-electron chi connectivity index (χ4n) is 2.74. The number of nitrogens with one attached hydrogen (secondary N) is 1. The molecule has 1 saturated carbocycles. The number of carbonyl (C=O) groups is 2. The van der Waals surface area contributed by atoms with Gasteiger partial charge in [-0.25, -0.2) is 0 Å². The number of hydrogen-bond donors (Lipinski definition) is 1. The number of rotatable bonds is 5. The van der Waals surface area contributed by atoms with Gasteiger partial charge in [0, 0.05) is 18.7 Å². The highest BCUT2D eigenvalue weighted by Crippen LogP contribution is 2.34. The minimum absolute atomic E-state index is 0.0248. The summed E-state index contributed by atoms with van der Waals surface area (Å²) < 4.78 is 5.10. The van der Waals surface area contributed by atoms with Crippen molar-refractivity contribution in [3.05, 3.63) is 24.3 Å². The Bertz CT molecular complexity index is 495. The van der Waals surface area contributed by atoms with E-state index in [9.17, 15) is 9.59 Å². The highest BCUT2D eigenvalue weighted by Gasteiger charge is 2.43. The van der Waals surface area contributed by atoms with Crippen LogP contribution in [0.1, 0.15) is 32.6 Å². The van der Waals surface area contributed by atoms with E-state index < -0.39 is 5.41 Å². The predicted octanol–water partition coefficient (Wildman–Crippen LogP) is 2.83. The second kappa shape index (κ2) is 6.07. The van der Waals surface area contributed by atoms with Gasteiger partial charge < -0.3 is 10.1 Å². The smallest absolute Gasteiger partial charge is 0.148 e. The molecule has 1 aromatic rings. The van der Waals surface area contributed by atoms with Crippen molar-refractivity contribution in [1.29, 1.82) is 0 Å². The molecule has 1 N–H and O–H groups in total. The molecule has 1 fully saturated rings. The average Bonchev–Trinajstić information content (AvgIpc) is 2.47. The van der Waals surface area contributed by atoms with Gasteiger partial charge in [-0.2, -0.15) is 0 Å². The Labute approximate surface area is 119 Å². The van der Waals surface area contributed by atoms with Crippen LogP contribution in [0.2, 0.25) is 0 Å². The summed E-state index contributed by atoms with van der Waals surface area (Å²) in [4.78, 5) is 24.2. The SMILES string of the molecule is COc1ccc(NCC2(C(C)=O)CCCCC2=O)cc1. The average molecular weight is 275 g/mol. The van der Waals surface area contributed by atoms with Crippen LogP contribution in [-0.4, -0.2) is 25.2 Å². The van der Waals surface area contributed by atoms with E-state index in [-0.39, 0.29) is 11.6 Å². The Balaban J connectivity index is 2.08. The summed E-state index contributed by atoms with van der Waals surface area (Å²) >= 11 is 0. The van der Waals surface area contributed by atoms with E-state index in [1.54, 1.807) is 7.11 Å². The van der Waals surface area contributed by atoms with Crippen molar-refractivity contribution in [1.82, 2.24) is 0 Å². The number of hydrogen-bond acceptors (Lipinski definition) is 4.